The Morgan fingerprint density at radius 3 is 2.50 bits per heavy atom. The van der Waals surface area contributed by atoms with E-state index in [0.717, 1.165) is 17.1 Å². The molecule has 0 radical (unpaired) electrons. The molecule has 0 spiro atoms. The summed E-state index contributed by atoms with van der Waals surface area (Å²) in [6.45, 7) is 7.31. The van der Waals surface area contributed by atoms with E-state index < -0.39 is 0 Å². The van der Waals surface area contributed by atoms with Crippen molar-refractivity contribution in [1.29, 1.82) is 5.26 Å². The second-order valence-electron chi connectivity index (χ2n) is 7.29. The van der Waals surface area contributed by atoms with Crippen molar-refractivity contribution >= 4 is 12.2 Å². The molecule has 0 aliphatic rings. The molecule has 144 valence electrons. The van der Waals surface area contributed by atoms with Gasteiger partial charge in [0.2, 0.25) is 4.77 Å². The fourth-order valence-electron chi connectivity index (χ4n) is 3.17. The Balaban J connectivity index is 2.09. The van der Waals surface area contributed by atoms with E-state index in [0.29, 0.717) is 18.0 Å². The molecule has 6 heteroatoms. The lowest BCUT2D eigenvalue weighted by molar-refractivity contribution is 0.236. The van der Waals surface area contributed by atoms with Crippen LogP contribution >= 0.6 is 12.2 Å². The van der Waals surface area contributed by atoms with E-state index in [1.807, 2.05) is 53.6 Å². The Hall–Kier alpha value is -2.75. The van der Waals surface area contributed by atoms with Crippen LogP contribution in [0.2, 0.25) is 0 Å². The monoisotopic (exact) mass is 391 g/mol. The highest BCUT2D eigenvalue weighted by molar-refractivity contribution is 7.71. The van der Waals surface area contributed by atoms with Crippen molar-refractivity contribution in [3.05, 3.63) is 64.4 Å². The molecule has 0 saturated carbocycles. The Kier molecular flexibility index (Phi) is 6.08. The summed E-state index contributed by atoms with van der Waals surface area (Å²) in [6, 6.07) is 18.7. The average Bonchev–Trinajstić information content (AvgIpc) is 3.00. The minimum atomic E-state index is -0.0467. The Morgan fingerprint density at radius 1 is 1.14 bits per heavy atom. The summed E-state index contributed by atoms with van der Waals surface area (Å²) in [7, 11) is 1.98. The van der Waals surface area contributed by atoms with Crippen molar-refractivity contribution in [1.82, 2.24) is 19.2 Å². The smallest absolute Gasteiger partial charge is 0.204 e. The van der Waals surface area contributed by atoms with Gasteiger partial charge in [-0.2, -0.15) is 5.26 Å². The van der Waals surface area contributed by atoms with Gasteiger partial charge in [-0.1, -0.05) is 36.4 Å². The predicted molar refractivity (Wildman–Crippen MR) is 115 cm³/mol. The summed E-state index contributed by atoms with van der Waals surface area (Å²) in [4.78, 5) is 2.07. The Labute approximate surface area is 171 Å². The number of hydrogen-bond donors (Lipinski definition) is 0. The van der Waals surface area contributed by atoms with Gasteiger partial charge in [0.05, 0.1) is 24.3 Å². The van der Waals surface area contributed by atoms with Gasteiger partial charge in [-0.25, -0.2) is 4.68 Å². The number of rotatable bonds is 6. The van der Waals surface area contributed by atoms with E-state index in [-0.39, 0.29) is 5.92 Å². The van der Waals surface area contributed by atoms with Crippen LogP contribution in [0.5, 0.6) is 0 Å². The summed E-state index contributed by atoms with van der Waals surface area (Å²) < 4.78 is 4.49. The number of aromatic nitrogens is 3. The summed E-state index contributed by atoms with van der Waals surface area (Å²) in [5.74, 6) is 0.769. The first-order chi connectivity index (χ1) is 13.4. The summed E-state index contributed by atoms with van der Waals surface area (Å²) in [5, 5.41) is 13.9. The zero-order valence-electron chi connectivity index (χ0n) is 16.8. The minimum Gasteiger partial charge on any atom is -0.286 e. The number of nitriles is 1. The van der Waals surface area contributed by atoms with E-state index in [4.69, 9.17) is 22.6 Å². The highest BCUT2D eigenvalue weighted by Crippen LogP contribution is 2.24. The molecule has 0 bridgehead atoms. The molecule has 0 unspecified atom stereocenters. The van der Waals surface area contributed by atoms with Crippen molar-refractivity contribution in [2.75, 3.05) is 13.6 Å². The lowest BCUT2D eigenvalue weighted by Crippen LogP contribution is -2.27. The van der Waals surface area contributed by atoms with Gasteiger partial charge in [-0.05, 0) is 63.3 Å². The lowest BCUT2D eigenvalue weighted by atomic mass is 10.1. The Morgan fingerprint density at radius 2 is 1.86 bits per heavy atom. The molecular weight excluding hydrogens is 366 g/mol. The molecule has 3 aromatic rings. The maximum Gasteiger partial charge on any atom is 0.204 e. The quantitative estimate of drug-likeness (QED) is 0.570. The van der Waals surface area contributed by atoms with Crippen molar-refractivity contribution in [3.63, 3.8) is 0 Å². The molecule has 0 aliphatic heterocycles. The first-order valence-corrected chi connectivity index (χ1v) is 9.72. The van der Waals surface area contributed by atoms with E-state index in [9.17, 15) is 0 Å². The topological polar surface area (TPSA) is 49.8 Å². The molecule has 3 rings (SSSR count). The van der Waals surface area contributed by atoms with Crippen molar-refractivity contribution in [3.8, 4) is 23.1 Å². The van der Waals surface area contributed by atoms with Crippen LogP contribution in [0.25, 0.3) is 17.1 Å². The third-order valence-corrected chi connectivity index (χ3v) is 5.19. The zero-order chi connectivity index (χ0) is 20.3. The van der Waals surface area contributed by atoms with E-state index in [1.165, 1.54) is 11.1 Å². The highest BCUT2D eigenvalue weighted by atomic mass is 32.1. The molecule has 0 N–H and O–H groups in total. The van der Waals surface area contributed by atoms with Crippen LogP contribution in [-0.2, 0) is 6.67 Å². The van der Waals surface area contributed by atoms with E-state index >= 15 is 0 Å². The second kappa shape index (κ2) is 8.51. The molecule has 5 nitrogen and oxygen atoms in total. The fourth-order valence-corrected chi connectivity index (χ4v) is 3.46. The third-order valence-electron chi connectivity index (χ3n) is 4.80. The van der Waals surface area contributed by atoms with Crippen LogP contribution in [0.15, 0.2) is 48.5 Å². The van der Waals surface area contributed by atoms with Gasteiger partial charge >= 0.3 is 0 Å². The molecule has 1 atom stereocenters. The summed E-state index contributed by atoms with van der Waals surface area (Å²) >= 11 is 5.80. The largest absolute Gasteiger partial charge is 0.286 e. The second-order valence-corrected chi connectivity index (χ2v) is 7.65. The van der Waals surface area contributed by atoms with E-state index in [2.05, 4.69) is 43.0 Å². The van der Waals surface area contributed by atoms with Gasteiger partial charge < -0.3 is 0 Å². The number of hydrogen-bond acceptors (Lipinski definition) is 4. The Bertz CT molecular complexity index is 1060. The van der Waals surface area contributed by atoms with Gasteiger partial charge in [0.25, 0.3) is 0 Å². The van der Waals surface area contributed by atoms with Crippen molar-refractivity contribution in [2.45, 2.75) is 27.4 Å². The fraction of sp³-hybridized carbons (Fsp3) is 0.318. The van der Waals surface area contributed by atoms with Crippen LogP contribution in [0.1, 0.15) is 18.1 Å². The molecule has 28 heavy (non-hydrogen) atoms. The van der Waals surface area contributed by atoms with Gasteiger partial charge in [0.1, 0.15) is 0 Å². The average molecular weight is 392 g/mol. The molecule has 1 aromatic heterocycles. The third kappa shape index (κ3) is 4.22. The zero-order valence-corrected chi connectivity index (χ0v) is 17.6. The molecule has 0 fully saturated rings. The van der Waals surface area contributed by atoms with Gasteiger partial charge in [-0.15, -0.1) is 5.10 Å². The van der Waals surface area contributed by atoms with Crippen LogP contribution < -0.4 is 0 Å². The number of aryl methyl sites for hydroxylation is 2. The standard InChI is InChI=1S/C22H25N5S/c1-16(13-23)14-25(4)15-26-22(28)27(20-11-10-17(2)18(3)12-20)21(24-26)19-8-6-5-7-9-19/h5-12,16H,14-15H2,1-4H3/t16-/m0/s1. The van der Waals surface area contributed by atoms with Crippen LogP contribution in [0.4, 0.5) is 0 Å². The van der Waals surface area contributed by atoms with Crippen LogP contribution in [-0.4, -0.2) is 32.8 Å². The van der Waals surface area contributed by atoms with Gasteiger partial charge in [0, 0.05) is 12.1 Å². The van der Waals surface area contributed by atoms with Gasteiger partial charge in [0.15, 0.2) is 5.82 Å². The molecule has 1 heterocycles. The number of nitrogens with zero attached hydrogens (tertiary/aromatic N) is 5. The molecular formula is C22H25N5S. The normalized spacial score (nSPS) is 12.1. The maximum absolute atomic E-state index is 9.07. The first-order valence-electron chi connectivity index (χ1n) is 9.31. The summed E-state index contributed by atoms with van der Waals surface area (Å²) in [5.41, 5.74) is 4.48. The van der Waals surface area contributed by atoms with E-state index in [1.54, 1.807) is 0 Å². The predicted octanol–water partition coefficient (Wildman–Crippen LogP) is 4.74. The minimum absolute atomic E-state index is 0.0467. The molecule has 0 amide bonds. The lowest BCUT2D eigenvalue weighted by Gasteiger charge is -2.17. The van der Waals surface area contributed by atoms with Gasteiger partial charge in [-0.3, -0.25) is 9.47 Å². The molecule has 2 aromatic carbocycles. The SMILES string of the molecule is Cc1ccc(-n2c(-c3ccccc3)nn(CN(C)C[C@@H](C)C#N)c2=S)cc1C. The molecule has 0 saturated heterocycles. The van der Waals surface area contributed by atoms with Crippen LogP contribution in [0, 0.1) is 35.9 Å². The first kappa shape index (κ1) is 20.0. The maximum atomic E-state index is 9.07. The highest BCUT2D eigenvalue weighted by Gasteiger charge is 2.16. The van der Waals surface area contributed by atoms with Crippen LogP contribution in [0.3, 0.4) is 0 Å². The summed E-state index contributed by atoms with van der Waals surface area (Å²) in [6.07, 6.45) is 0. The van der Waals surface area contributed by atoms with Crippen molar-refractivity contribution < 1.29 is 0 Å². The molecule has 0 aliphatic carbocycles. The number of benzene rings is 2. The van der Waals surface area contributed by atoms with Crippen molar-refractivity contribution in [2.24, 2.45) is 5.92 Å².